The second kappa shape index (κ2) is 7.97. The summed E-state index contributed by atoms with van der Waals surface area (Å²) >= 11 is 0. The van der Waals surface area contributed by atoms with Crippen molar-refractivity contribution in [2.75, 3.05) is 6.61 Å². The molecule has 0 spiro atoms. The number of carbonyl (C=O) groups is 2. The largest absolute Gasteiger partial charge is 0.482 e. The summed E-state index contributed by atoms with van der Waals surface area (Å²) in [5.74, 6) is 0.576. The molecule has 0 saturated heterocycles. The van der Waals surface area contributed by atoms with Crippen LogP contribution < -0.4 is 9.47 Å². The number of hydrogen-bond donors (Lipinski definition) is 0. The molecule has 132 valence electrons. The molecule has 0 aliphatic rings. The lowest BCUT2D eigenvalue weighted by Gasteiger charge is -2.19. The van der Waals surface area contributed by atoms with Gasteiger partial charge in [-0.05, 0) is 47.4 Å². The lowest BCUT2D eigenvalue weighted by Crippen LogP contribution is -2.18. The lowest BCUT2D eigenvalue weighted by atomic mass is 9.87. The topological polar surface area (TPSA) is 52.6 Å². The summed E-state index contributed by atoms with van der Waals surface area (Å²) in [4.78, 5) is 23.4. The summed E-state index contributed by atoms with van der Waals surface area (Å²) in [6.07, 6.45) is 0.445. The van der Waals surface area contributed by atoms with Gasteiger partial charge in [-0.25, -0.2) is 4.79 Å². The number of benzene rings is 2. The highest BCUT2D eigenvalue weighted by Gasteiger charge is 2.13. The maximum atomic E-state index is 11.9. The van der Waals surface area contributed by atoms with Crippen LogP contribution in [0.3, 0.4) is 0 Å². The van der Waals surface area contributed by atoms with E-state index in [0.29, 0.717) is 23.5 Å². The van der Waals surface area contributed by atoms with Crippen molar-refractivity contribution in [3.8, 4) is 11.5 Å². The van der Waals surface area contributed by atoms with Gasteiger partial charge in [0, 0.05) is 12.0 Å². The van der Waals surface area contributed by atoms with Crippen molar-refractivity contribution in [1.82, 2.24) is 0 Å². The molecule has 2 rings (SSSR count). The minimum atomic E-state index is -0.491. The molecular weight excluding hydrogens is 316 g/mol. The standard InChI is InChI=1S/C21H24O4/c1-5-19(22)15-6-10-18(11-7-15)25-20(23)14-24-17-12-8-16(9-13-17)21(2,3)4/h6-13H,5,14H2,1-4H3. The molecule has 25 heavy (non-hydrogen) atoms. The molecule has 2 aromatic carbocycles. The van der Waals surface area contributed by atoms with E-state index in [1.807, 2.05) is 31.2 Å². The molecule has 2 aromatic rings. The number of carbonyl (C=O) groups excluding carboxylic acids is 2. The van der Waals surface area contributed by atoms with E-state index in [4.69, 9.17) is 9.47 Å². The molecule has 0 aliphatic heterocycles. The third-order valence-electron chi connectivity index (χ3n) is 3.81. The first-order valence-electron chi connectivity index (χ1n) is 8.37. The summed E-state index contributed by atoms with van der Waals surface area (Å²) in [6, 6.07) is 14.2. The number of Topliss-reactive ketones (excluding diaryl/α,β-unsaturated/α-hetero) is 1. The Morgan fingerprint density at radius 3 is 1.96 bits per heavy atom. The van der Waals surface area contributed by atoms with E-state index in [1.165, 1.54) is 5.56 Å². The predicted octanol–water partition coefficient (Wildman–Crippen LogP) is 4.56. The normalized spacial score (nSPS) is 11.0. The molecular formula is C21H24O4. The van der Waals surface area contributed by atoms with Crippen LogP contribution in [0.25, 0.3) is 0 Å². The molecule has 4 heteroatoms. The quantitative estimate of drug-likeness (QED) is 0.439. The molecule has 4 nitrogen and oxygen atoms in total. The molecule has 0 fully saturated rings. The van der Waals surface area contributed by atoms with Gasteiger partial charge in [-0.15, -0.1) is 0 Å². The fourth-order valence-electron chi connectivity index (χ4n) is 2.27. The van der Waals surface area contributed by atoms with Crippen molar-refractivity contribution in [2.45, 2.75) is 39.5 Å². The van der Waals surface area contributed by atoms with E-state index in [-0.39, 0.29) is 17.8 Å². The first kappa shape index (κ1) is 18.7. The Kier molecular flexibility index (Phi) is 5.97. The van der Waals surface area contributed by atoms with Crippen molar-refractivity contribution in [1.29, 1.82) is 0 Å². The van der Waals surface area contributed by atoms with Crippen molar-refractivity contribution >= 4 is 11.8 Å². The monoisotopic (exact) mass is 340 g/mol. The fourth-order valence-corrected chi connectivity index (χ4v) is 2.27. The molecule has 0 aromatic heterocycles. The highest BCUT2D eigenvalue weighted by atomic mass is 16.6. The van der Waals surface area contributed by atoms with Crippen LogP contribution in [0.15, 0.2) is 48.5 Å². The van der Waals surface area contributed by atoms with Gasteiger partial charge in [0.15, 0.2) is 12.4 Å². The molecule has 0 atom stereocenters. The summed E-state index contributed by atoms with van der Waals surface area (Å²) in [5, 5.41) is 0. The van der Waals surface area contributed by atoms with Gasteiger partial charge in [0.2, 0.25) is 0 Å². The summed E-state index contributed by atoms with van der Waals surface area (Å²) < 4.78 is 10.7. The molecule has 0 aliphatic carbocycles. The number of ether oxygens (including phenoxy) is 2. The zero-order chi connectivity index (χ0) is 18.4. The maximum absolute atomic E-state index is 11.9. The minimum Gasteiger partial charge on any atom is -0.482 e. The Morgan fingerprint density at radius 1 is 0.880 bits per heavy atom. The molecule has 0 N–H and O–H groups in total. The van der Waals surface area contributed by atoms with Crippen LogP contribution in [-0.2, 0) is 10.2 Å². The third-order valence-corrected chi connectivity index (χ3v) is 3.81. The van der Waals surface area contributed by atoms with E-state index in [1.54, 1.807) is 24.3 Å². The highest BCUT2D eigenvalue weighted by Crippen LogP contribution is 2.24. The minimum absolute atomic E-state index is 0.0555. The Labute approximate surface area is 148 Å². The van der Waals surface area contributed by atoms with E-state index < -0.39 is 5.97 Å². The van der Waals surface area contributed by atoms with Crippen molar-refractivity contribution < 1.29 is 19.1 Å². The number of esters is 1. The second-order valence-corrected chi connectivity index (χ2v) is 6.84. The van der Waals surface area contributed by atoms with Gasteiger partial charge in [-0.3, -0.25) is 4.79 Å². The second-order valence-electron chi connectivity index (χ2n) is 6.84. The van der Waals surface area contributed by atoms with Crippen LogP contribution in [0.1, 0.15) is 50.0 Å². The SMILES string of the molecule is CCC(=O)c1ccc(OC(=O)COc2ccc(C(C)(C)C)cc2)cc1. The van der Waals surface area contributed by atoms with Crippen LogP contribution in [0, 0.1) is 0 Å². The molecule has 0 heterocycles. The van der Waals surface area contributed by atoms with Crippen molar-refractivity contribution in [3.63, 3.8) is 0 Å². The van der Waals surface area contributed by atoms with Gasteiger partial charge in [0.05, 0.1) is 0 Å². The summed E-state index contributed by atoms with van der Waals surface area (Å²) in [6.45, 7) is 8.05. The Balaban J connectivity index is 1.87. The number of rotatable bonds is 6. The summed E-state index contributed by atoms with van der Waals surface area (Å²) in [5.41, 5.74) is 1.88. The van der Waals surface area contributed by atoms with Gasteiger partial charge in [0.25, 0.3) is 0 Å². The van der Waals surface area contributed by atoms with Gasteiger partial charge in [-0.2, -0.15) is 0 Å². The van der Waals surface area contributed by atoms with E-state index >= 15 is 0 Å². The van der Waals surface area contributed by atoms with Crippen LogP contribution in [-0.4, -0.2) is 18.4 Å². The predicted molar refractivity (Wildman–Crippen MR) is 97.3 cm³/mol. The highest BCUT2D eigenvalue weighted by molar-refractivity contribution is 5.95. The van der Waals surface area contributed by atoms with E-state index in [0.717, 1.165) is 0 Å². The van der Waals surface area contributed by atoms with Gasteiger partial charge < -0.3 is 9.47 Å². The molecule has 0 saturated carbocycles. The smallest absolute Gasteiger partial charge is 0.349 e. The number of hydrogen-bond acceptors (Lipinski definition) is 4. The van der Waals surface area contributed by atoms with Crippen LogP contribution in [0.5, 0.6) is 11.5 Å². The molecule has 0 radical (unpaired) electrons. The molecule has 0 unspecified atom stereocenters. The van der Waals surface area contributed by atoms with Crippen molar-refractivity contribution in [3.05, 3.63) is 59.7 Å². The Hall–Kier alpha value is -2.62. The lowest BCUT2D eigenvalue weighted by molar-refractivity contribution is -0.136. The summed E-state index contributed by atoms with van der Waals surface area (Å²) in [7, 11) is 0. The zero-order valence-corrected chi connectivity index (χ0v) is 15.2. The number of ketones is 1. The first-order valence-corrected chi connectivity index (χ1v) is 8.37. The zero-order valence-electron chi connectivity index (χ0n) is 15.2. The van der Waals surface area contributed by atoms with Crippen LogP contribution in [0.4, 0.5) is 0 Å². The van der Waals surface area contributed by atoms with Crippen LogP contribution >= 0.6 is 0 Å². The van der Waals surface area contributed by atoms with Crippen molar-refractivity contribution in [2.24, 2.45) is 0 Å². The maximum Gasteiger partial charge on any atom is 0.349 e. The molecule has 0 amide bonds. The Morgan fingerprint density at radius 2 is 1.44 bits per heavy atom. The average molecular weight is 340 g/mol. The fraction of sp³-hybridized carbons (Fsp3) is 0.333. The van der Waals surface area contributed by atoms with E-state index in [9.17, 15) is 9.59 Å². The van der Waals surface area contributed by atoms with E-state index in [2.05, 4.69) is 20.8 Å². The first-order chi connectivity index (χ1) is 11.8. The van der Waals surface area contributed by atoms with Crippen LogP contribution in [0.2, 0.25) is 0 Å². The van der Waals surface area contributed by atoms with Gasteiger partial charge in [0.1, 0.15) is 11.5 Å². The molecule has 0 bridgehead atoms. The van der Waals surface area contributed by atoms with Gasteiger partial charge in [-0.1, -0.05) is 39.8 Å². The average Bonchev–Trinajstić information content (AvgIpc) is 2.59. The van der Waals surface area contributed by atoms with Gasteiger partial charge >= 0.3 is 5.97 Å². The third kappa shape index (κ3) is 5.45. The Bertz CT molecular complexity index is 722.